The molecule has 1 aliphatic heterocycles. The number of hydrogen-bond acceptors (Lipinski definition) is 4. The standard InChI is InChI=1S/C13H14ClN3O3/c1-7(2)9-3-8(4-10(14)15-9)13(20)17-5-11(18)16-12(19)6-17/h3-4,7H,5-6H2,1-2H3,(H,16,18,19). The quantitative estimate of drug-likeness (QED) is 0.651. The maximum absolute atomic E-state index is 12.3. The molecule has 0 aliphatic carbocycles. The number of piperazine rings is 1. The van der Waals surface area contributed by atoms with Crippen LogP contribution in [0.1, 0.15) is 35.8 Å². The molecule has 1 aromatic heterocycles. The molecule has 1 fully saturated rings. The third-order valence-electron chi connectivity index (χ3n) is 2.89. The topological polar surface area (TPSA) is 79.4 Å². The van der Waals surface area contributed by atoms with Crippen molar-refractivity contribution < 1.29 is 14.4 Å². The molecule has 0 radical (unpaired) electrons. The summed E-state index contributed by atoms with van der Waals surface area (Å²) in [5.41, 5.74) is 1.02. The van der Waals surface area contributed by atoms with E-state index in [1.165, 1.54) is 11.0 Å². The number of hydrogen-bond donors (Lipinski definition) is 1. The van der Waals surface area contributed by atoms with Crippen molar-refractivity contribution >= 4 is 29.3 Å². The van der Waals surface area contributed by atoms with Crippen molar-refractivity contribution in [3.63, 3.8) is 0 Å². The van der Waals surface area contributed by atoms with Gasteiger partial charge in [-0.25, -0.2) is 4.98 Å². The Balaban J connectivity index is 2.28. The molecule has 1 saturated heterocycles. The lowest BCUT2D eigenvalue weighted by molar-refractivity contribution is -0.135. The molecular weight excluding hydrogens is 282 g/mol. The predicted octanol–water partition coefficient (Wildman–Crippen LogP) is 0.957. The first kappa shape index (κ1) is 14.5. The molecule has 1 aliphatic rings. The summed E-state index contributed by atoms with van der Waals surface area (Å²) in [6.07, 6.45) is 0. The summed E-state index contributed by atoms with van der Waals surface area (Å²) in [4.78, 5) is 40.3. The van der Waals surface area contributed by atoms with Crippen molar-refractivity contribution in [2.24, 2.45) is 0 Å². The average molecular weight is 296 g/mol. The maximum Gasteiger partial charge on any atom is 0.254 e. The van der Waals surface area contributed by atoms with Crippen LogP contribution in [0.3, 0.4) is 0 Å². The molecule has 2 heterocycles. The van der Waals surface area contributed by atoms with Gasteiger partial charge in [0.15, 0.2) is 0 Å². The van der Waals surface area contributed by atoms with Crippen molar-refractivity contribution in [1.29, 1.82) is 0 Å². The summed E-state index contributed by atoms with van der Waals surface area (Å²) >= 11 is 5.91. The lowest BCUT2D eigenvalue weighted by Gasteiger charge is -2.25. The first-order chi connectivity index (χ1) is 9.36. The van der Waals surface area contributed by atoms with Crippen LogP contribution < -0.4 is 5.32 Å². The van der Waals surface area contributed by atoms with Gasteiger partial charge in [0.2, 0.25) is 11.8 Å². The molecule has 0 aromatic carbocycles. The number of carbonyl (C=O) groups is 3. The van der Waals surface area contributed by atoms with E-state index in [1.54, 1.807) is 6.07 Å². The zero-order valence-corrected chi connectivity index (χ0v) is 11.9. The Hall–Kier alpha value is -1.95. The van der Waals surface area contributed by atoms with Gasteiger partial charge in [0.05, 0.1) is 0 Å². The SMILES string of the molecule is CC(C)c1cc(C(=O)N2CC(=O)NC(=O)C2)cc(Cl)n1. The number of pyridine rings is 1. The van der Waals surface area contributed by atoms with Crippen molar-refractivity contribution in [3.05, 3.63) is 28.5 Å². The third kappa shape index (κ3) is 3.14. The zero-order valence-electron chi connectivity index (χ0n) is 11.1. The van der Waals surface area contributed by atoms with E-state index in [-0.39, 0.29) is 24.2 Å². The second kappa shape index (κ2) is 5.58. The van der Waals surface area contributed by atoms with E-state index < -0.39 is 17.7 Å². The van der Waals surface area contributed by atoms with E-state index >= 15 is 0 Å². The number of aromatic nitrogens is 1. The molecule has 6 nitrogen and oxygen atoms in total. The van der Waals surface area contributed by atoms with Crippen LogP contribution in [-0.4, -0.2) is 40.7 Å². The molecule has 0 saturated carbocycles. The monoisotopic (exact) mass is 295 g/mol. The smallest absolute Gasteiger partial charge is 0.254 e. The van der Waals surface area contributed by atoms with Gasteiger partial charge in [0.1, 0.15) is 18.2 Å². The number of nitrogens with one attached hydrogen (secondary N) is 1. The minimum Gasteiger partial charge on any atom is -0.320 e. The molecule has 0 bridgehead atoms. The molecule has 3 amide bonds. The number of amides is 3. The molecule has 2 rings (SSSR count). The number of carbonyl (C=O) groups excluding carboxylic acids is 3. The molecule has 106 valence electrons. The van der Waals surface area contributed by atoms with E-state index in [1.807, 2.05) is 13.8 Å². The molecular formula is C13H14ClN3O3. The highest BCUT2D eigenvalue weighted by Gasteiger charge is 2.27. The molecule has 0 spiro atoms. The molecule has 1 N–H and O–H groups in total. The van der Waals surface area contributed by atoms with E-state index in [0.29, 0.717) is 11.3 Å². The van der Waals surface area contributed by atoms with Crippen LogP contribution in [0.2, 0.25) is 5.15 Å². The molecule has 0 atom stereocenters. The van der Waals surface area contributed by atoms with Gasteiger partial charge in [-0.2, -0.15) is 0 Å². The minimum absolute atomic E-state index is 0.117. The molecule has 1 aromatic rings. The van der Waals surface area contributed by atoms with Gasteiger partial charge < -0.3 is 4.90 Å². The van der Waals surface area contributed by atoms with Crippen LogP contribution in [0.15, 0.2) is 12.1 Å². The first-order valence-corrected chi connectivity index (χ1v) is 6.54. The van der Waals surface area contributed by atoms with Crippen LogP contribution in [0.5, 0.6) is 0 Å². The van der Waals surface area contributed by atoms with Gasteiger partial charge in [-0.05, 0) is 18.1 Å². The Kier molecular flexibility index (Phi) is 4.04. The highest BCUT2D eigenvalue weighted by Crippen LogP contribution is 2.19. The summed E-state index contributed by atoms with van der Waals surface area (Å²) in [6, 6.07) is 3.07. The largest absolute Gasteiger partial charge is 0.320 e. The zero-order chi connectivity index (χ0) is 14.9. The fourth-order valence-corrected chi connectivity index (χ4v) is 2.11. The van der Waals surface area contributed by atoms with Crippen LogP contribution in [-0.2, 0) is 9.59 Å². The predicted molar refractivity (Wildman–Crippen MR) is 72.4 cm³/mol. The summed E-state index contributed by atoms with van der Waals surface area (Å²) in [6.45, 7) is 3.60. The fraction of sp³-hybridized carbons (Fsp3) is 0.385. The number of rotatable bonds is 2. The maximum atomic E-state index is 12.3. The van der Waals surface area contributed by atoms with E-state index in [2.05, 4.69) is 10.3 Å². The van der Waals surface area contributed by atoms with Gasteiger partial charge in [-0.3, -0.25) is 19.7 Å². The fourth-order valence-electron chi connectivity index (χ4n) is 1.90. The highest BCUT2D eigenvalue weighted by molar-refractivity contribution is 6.29. The second-order valence-electron chi connectivity index (χ2n) is 4.89. The first-order valence-electron chi connectivity index (χ1n) is 6.16. The summed E-state index contributed by atoms with van der Waals surface area (Å²) in [5.74, 6) is -1.26. The average Bonchev–Trinajstić information content (AvgIpc) is 2.35. The van der Waals surface area contributed by atoms with E-state index in [9.17, 15) is 14.4 Å². The van der Waals surface area contributed by atoms with Gasteiger partial charge in [-0.1, -0.05) is 25.4 Å². The molecule has 7 heteroatoms. The lowest BCUT2D eigenvalue weighted by atomic mass is 10.1. The van der Waals surface area contributed by atoms with Gasteiger partial charge in [0.25, 0.3) is 5.91 Å². The van der Waals surface area contributed by atoms with Crippen molar-refractivity contribution in [2.75, 3.05) is 13.1 Å². The van der Waals surface area contributed by atoms with Crippen LogP contribution >= 0.6 is 11.6 Å². The second-order valence-corrected chi connectivity index (χ2v) is 5.28. The van der Waals surface area contributed by atoms with Crippen LogP contribution in [0, 0.1) is 0 Å². The van der Waals surface area contributed by atoms with Crippen LogP contribution in [0.4, 0.5) is 0 Å². The normalized spacial score (nSPS) is 15.5. The number of halogens is 1. The Morgan fingerprint density at radius 3 is 2.45 bits per heavy atom. The number of imide groups is 1. The Labute approximate surface area is 121 Å². The third-order valence-corrected chi connectivity index (χ3v) is 3.08. The Bertz CT molecular complexity index is 570. The number of nitrogens with zero attached hydrogens (tertiary/aromatic N) is 2. The Morgan fingerprint density at radius 2 is 1.90 bits per heavy atom. The molecule has 0 unspecified atom stereocenters. The van der Waals surface area contributed by atoms with E-state index in [0.717, 1.165) is 0 Å². The minimum atomic E-state index is -0.487. The van der Waals surface area contributed by atoms with Crippen molar-refractivity contribution in [3.8, 4) is 0 Å². The molecule has 20 heavy (non-hydrogen) atoms. The van der Waals surface area contributed by atoms with E-state index in [4.69, 9.17) is 11.6 Å². The summed E-state index contributed by atoms with van der Waals surface area (Å²) in [7, 11) is 0. The van der Waals surface area contributed by atoms with Gasteiger partial charge >= 0.3 is 0 Å². The van der Waals surface area contributed by atoms with Crippen molar-refractivity contribution in [1.82, 2.24) is 15.2 Å². The summed E-state index contributed by atoms with van der Waals surface area (Å²) < 4.78 is 0. The highest BCUT2D eigenvalue weighted by atomic mass is 35.5. The van der Waals surface area contributed by atoms with Crippen molar-refractivity contribution in [2.45, 2.75) is 19.8 Å². The van der Waals surface area contributed by atoms with Gasteiger partial charge in [0, 0.05) is 11.3 Å². The Morgan fingerprint density at radius 1 is 1.30 bits per heavy atom. The van der Waals surface area contributed by atoms with Crippen LogP contribution in [0.25, 0.3) is 0 Å². The lowest BCUT2D eigenvalue weighted by Crippen LogP contribution is -2.53. The van der Waals surface area contributed by atoms with Gasteiger partial charge in [-0.15, -0.1) is 0 Å². The summed E-state index contributed by atoms with van der Waals surface area (Å²) in [5, 5.41) is 2.36.